The Bertz CT molecular complexity index is 1010. The Morgan fingerprint density at radius 2 is 1.83 bits per heavy atom. The number of anilines is 1. The van der Waals surface area contributed by atoms with Crippen LogP contribution in [0, 0.1) is 5.92 Å². The smallest absolute Gasteiger partial charge is 0.416 e. The number of rotatable bonds is 5. The second kappa shape index (κ2) is 7.94. The third-order valence-electron chi connectivity index (χ3n) is 4.12. The minimum atomic E-state index is -4.47. The number of hydrogen-bond acceptors (Lipinski definition) is 4. The number of carbonyl (C=O) groups excluding carboxylic acids is 1. The first-order valence-corrected chi connectivity index (χ1v) is 8.79. The molecule has 0 aliphatic carbocycles. The van der Waals surface area contributed by atoms with E-state index in [1.807, 2.05) is 0 Å². The zero-order valence-corrected chi connectivity index (χ0v) is 16.0. The minimum Gasteiger partial charge on any atom is -0.466 e. The molecule has 9 heteroatoms. The van der Waals surface area contributed by atoms with Crippen molar-refractivity contribution in [3.63, 3.8) is 0 Å². The molecule has 1 aromatic heterocycles. The predicted molar refractivity (Wildman–Crippen MR) is 102 cm³/mol. The van der Waals surface area contributed by atoms with Gasteiger partial charge in [-0.2, -0.15) is 18.2 Å². The fourth-order valence-corrected chi connectivity index (χ4v) is 2.55. The summed E-state index contributed by atoms with van der Waals surface area (Å²) in [6.07, 6.45) is -4.47. The first-order chi connectivity index (χ1) is 13.7. The highest BCUT2D eigenvalue weighted by molar-refractivity contribution is 5.92. The quantitative estimate of drug-likeness (QED) is 0.677. The van der Waals surface area contributed by atoms with E-state index in [2.05, 4.69) is 15.4 Å². The van der Waals surface area contributed by atoms with Gasteiger partial charge in [0.05, 0.1) is 18.4 Å². The van der Waals surface area contributed by atoms with Crippen molar-refractivity contribution in [3.05, 3.63) is 54.1 Å². The monoisotopic (exact) mass is 404 g/mol. The molecule has 0 saturated carbocycles. The SMILES string of the molecule is COc1nc(-c2cccc(C(F)(F)F)c2)n(-c2ccc(NC(=O)C(C)C)cc2)n1. The Morgan fingerprint density at radius 3 is 2.41 bits per heavy atom. The second-order valence-electron chi connectivity index (χ2n) is 6.60. The van der Waals surface area contributed by atoms with Crippen molar-refractivity contribution in [1.82, 2.24) is 14.8 Å². The van der Waals surface area contributed by atoms with Gasteiger partial charge in [-0.25, -0.2) is 4.68 Å². The van der Waals surface area contributed by atoms with E-state index in [1.165, 1.54) is 23.9 Å². The standard InChI is InChI=1S/C20H19F3N4O2/c1-12(2)18(28)24-15-7-9-16(10-8-15)27-17(25-19(26-27)29-3)13-5-4-6-14(11-13)20(21,22)23/h4-12H,1-3H3,(H,24,28). The molecule has 0 bridgehead atoms. The Kier molecular flexibility index (Phi) is 5.58. The molecule has 3 rings (SSSR count). The van der Waals surface area contributed by atoms with Gasteiger partial charge in [-0.15, -0.1) is 5.10 Å². The van der Waals surface area contributed by atoms with Gasteiger partial charge in [-0.3, -0.25) is 4.79 Å². The van der Waals surface area contributed by atoms with Crippen molar-refractivity contribution >= 4 is 11.6 Å². The van der Waals surface area contributed by atoms with Crippen LogP contribution in [0.3, 0.4) is 0 Å². The maximum Gasteiger partial charge on any atom is 0.416 e. The number of nitrogens with zero attached hydrogens (tertiary/aromatic N) is 3. The van der Waals surface area contributed by atoms with Gasteiger partial charge in [0.2, 0.25) is 5.91 Å². The van der Waals surface area contributed by atoms with Crippen molar-refractivity contribution in [2.45, 2.75) is 20.0 Å². The van der Waals surface area contributed by atoms with E-state index >= 15 is 0 Å². The topological polar surface area (TPSA) is 69.0 Å². The molecule has 0 saturated heterocycles. The molecule has 3 aromatic rings. The molecule has 1 heterocycles. The lowest BCUT2D eigenvalue weighted by Crippen LogP contribution is -2.17. The van der Waals surface area contributed by atoms with Gasteiger partial charge in [0.15, 0.2) is 5.82 Å². The molecule has 0 aliphatic rings. The molecule has 0 atom stereocenters. The van der Waals surface area contributed by atoms with Gasteiger partial charge in [0, 0.05) is 17.2 Å². The van der Waals surface area contributed by atoms with Crippen LogP contribution in [0.4, 0.5) is 18.9 Å². The Labute approximate surface area is 165 Å². The third-order valence-corrected chi connectivity index (χ3v) is 4.12. The number of nitrogens with one attached hydrogen (secondary N) is 1. The van der Waals surface area contributed by atoms with Crippen LogP contribution in [0.15, 0.2) is 48.5 Å². The average Bonchev–Trinajstić information content (AvgIpc) is 3.12. The van der Waals surface area contributed by atoms with Crippen molar-refractivity contribution in [2.75, 3.05) is 12.4 Å². The molecule has 1 amide bonds. The highest BCUT2D eigenvalue weighted by Crippen LogP contribution is 2.32. The first kappa shape index (κ1) is 20.4. The molecular weight excluding hydrogens is 385 g/mol. The number of ether oxygens (including phenoxy) is 1. The van der Waals surface area contributed by atoms with Crippen LogP contribution in [-0.2, 0) is 11.0 Å². The summed E-state index contributed by atoms with van der Waals surface area (Å²) in [5.74, 6) is -0.0847. The molecular formula is C20H19F3N4O2. The largest absolute Gasteiger partial charge is 0.466 e. The van der Waals surface area contributed by atoms with E-state index in [4.69, 9.17) is 4.74 Å². The second-order valence-corrected chi connectivity index (χ2v) is 6.60. The van der Waals surface area contributed by atoms with Gasteiger partial charge in [-0.1, -0.05) is 26.0 Å². The Balaban J connectivity index is 1.99. The van der Waals surface area contributed by atoms with Gasteiger partial charge in [-0.05, 0) is 36.4 Å². The summed E-state index contributed by atoms with van der Waals surface area (Å²) in [5.41, 5.74) is 0.610. The highest BCUT2D eigenvalue weighted by Gasteiger charge is 2.31. The van der Waals surface area contributed by atoms with Crippen LogP contribution in [0.2, 0.25) is 0 Å². The Hall–Kier alpha value is -3.36. The first-order valence-electron chi connectivity index (χ1n) is 8.79. The number of amides is 1. The number of halogens is 3. The lowest BCUT2D eigenvalue weighted by atomic mass is 10.1. The lowest BCUT2D eigenvalue weighted by Gasteiger charge is -2.11. The van der Waals surface area contributed by atoms with Crippen molar-refractivity contribution < 1.29 is 22.7 Å². The van der Waals surface area contributed by atoms with E-state index in [0.29, 0.717) is 11.4 Å². The van der Waals surface area contributed by atoms with Crippen LogP contribution in [0.5, 0.6) is 6.01 Å². The molecule has 0 spiro atoms. The molecule has 0 radical (unpaired) electrons. The predicted octanol–water partition coefficient (Wildman–Crippen LogP) is 4.56. The molecule has 0 fully saturated rings. The van der Waals surface area contributed by atoms with Gasteiger partial charge >= 0.3 is 12.2 Å². The summed E-state index contributed by atoms with van der Waals surface area (Å²) in [6.45, 7) is 3.57. The summed E-state index contributed by atoms with van der Waals surface area (Å²) < 4.78 is 45.7. The molecule has 152 valence electrons. The molecule has 2 aromatic carbocycles. The summed E-state index contributed by atoms with van der Waals surface area (Å²) in [6, 6.07) is 11.6. The summed E-state index contributed by atoms with van der Waals surface area (Å²) in [4.78, 5) is 16.0. The van der Waals surface area contributed by atoms with Crippen molar-refractivity contribution in [2.24, 2.45) is 5.92 Å². The molecule has 0 unspecified atom stereocenters. The highest BCUT2D eigenvalue weighted by atomic mass is 19.4. The van der Waals surface area contributed by atoms with Crippen LogP contribution in [0.1, 0.15) is 19.4 Å². The van der Waals surface area contributed by atoms with Crippen LogP contribution in [-0.4, -0.2) is 27.8 Å². The average molecular weight is 404 g/mol. The van der Waals surface area contributed by atoms with E-state index < -0.39 is 11.7 Å². The minimum absolute atomic E-state index is 0.0228. The number of aromatic nitrogens is 3. The lowest BCUT2D eigenvalue weighted by molar-refractivity contribution is -0.137. The van der Waals surface area contributed by atoms with Crippen molar-refractivity contribution in [1.29, 1.82) is 0 Å². The zero-order valence-electron chi connectivity index (χ0n) is 16.0. The summed E-state index contributed by atoms with van der Waals surface area (Å²) >= 11 is 0. The fourth-order valence-electron chi connectivity index (χ4n) is 2.55. The third kappa shape index (κ3) is 4.56. The maximum atomic E-state index is 13.1. The van der Waals surface area contributed by atoms with E-state index in [1.54, 1.807) is 38.1 Å². The number of alkyl halides is 3. The molecule has 1 N–H and O–H groups in total. The molecule has 6 nitrogen and oxygen atoms in total. The van der Waals surface area contributed by atoms with E-state index in [0.717, 1.165) is 12.1 Å². The van der Waals surface area contributed by atoms with Gasteiger partial charge in [0.25, 0.3) is 0 Å². The Morgan fingerprint density at radius 1 is 1.14 bits per heavy atom. The fraction of sp³-hybridized carbons (Fsp3) is 0.250. The summed E-state index contributed by atoms with van der Waals surface area (Å²) in [5, 5.41) is 6.97. The zero-order chi connectivity index (χ0) is 21.2. The normalized spacial score (nSPS) is 11.6. The summed E-state index contributed by atoms with van der Waals surface area (Å²) in [7, 11) is 1.38. The van der Waals surface area contributed by atoms with Crippen LogP contribution >= 0.6 is 0 Å². The number of carbonyl (C=O) groups is 1. The number of methoxy groups -OCH3 is 1. The van der Waals surface area contributed by atoms with Crippen LogP contribution < -0.4 is 10.1 Å². The number of benzene rings is 2. The van der Waals surface area contributed by atoms with Gasteiger partial charge < -0.3 is 10.1 Å². The van der Waals surface area contributed by atoms with E-state index in [9.17, 15) is 18.0 Å². The molecule has 29 heavy (non-hydrogen) atoms. The van der Waals surface area contributed by atoms with Crippen molar-refractivity contribution in [3.8, 4) is 23.1 Å². The number of hydrogen-bond donors (Lipinski definition) is 1. The molecule has 0 aliphatic heterocycles. The van der Waals surface area contributed by atoms with Crippen LogP contribution in [0.25, 0.3) is 17.1 Å². The van der Waals surface area contributed by atoms with Gasteiger partial charge in [0.1, 0.15) is 0 Å². The van der Waals surface area contributed by atoms with E-state index in [-0.39, 0.29) is 29.2 Å². The maximum absolute atomic E-state index is 13.1.